The number of carbonyl (C=O) groups excluding carboxylic acids is 4. The number of imide groups is 1. The van der Waals surface area contributed by atoms with E-state index in [9.17, 15) is 19.2 Å². The first-order valence-corrected chi connectivity index (χ1v) is 11.0. The first-order chi connectivity index (χ1) is 15.0. The lowest BCUT2D eigenvalue weighted by atomic mass is 9.85. The average molecular weight is 425 g/mol. The lowest BCUT2D eigenvalue weighted by Gasteiger charge is -2.48. The van der Waals surface area contributed by atoms with Gasteiger partial charge in [-0.3, -0.25) is 29.4 Å². The van der Waals surface area contributed by atoms with Gasteiger partial charge in [0.05, 0.1) is 0 Å². The molecular weight excluding hydrogens is 398 g/mol. The lowest BCUT2D eigenvalue weighted by Crippen LogP contribution is -2.69. The Morgan fingerprint density at radius 1 is 1.13 bits per heavy atom. The number of hydrogen-bond acceptors (Lipinski definition) is 6. The zero-order valence-electron chi connectivity index (χ0n) is 17.4. The summed E-state index contributed by atoms with van der Waals surface area (Å²) < 4.78 is 0. The topological polar surface area (TPSA) is 111 Å². The highest BCUT2D eigenvalue weighted by molar-refractivity contribution is 6.06. The zero-order valence-corrected chi connectivity index (χ0v) is 17.4. The van der Waals surface area contributed by atoms with E-state index in [2.05, 4.69) is 20.9 Å². The molecule has 1 aromatic rings. The monoisotopic (exact) mass is 425 g/mol. The second kappa shape index (κ2) is 7.72. The number of carbonyl (C=O) groups is 4. The highest BCUT2D eigenvalue weighted by Gasteiger charge is 2.47. The molecule has 0 bridgehead atoms. The van der Waals surface area contributed by atoms with Crippen LogP contribution in [-0.4, -0.2) is 71.2 Å². The molecule has 1 spiro atoms. The fourth-order valence-electron chi connectivity index (χ4n) is 5.44. The van der Waals surface area contributed by atoms with Crippen LogP contribution in [0.5, 0.6) is 0 Å². The highest BCUT2D eigenvalue weighted by Crippen LogP contribution is 2.33. The van der Waals surface area contributed by atoms with Crippen LogP contribution in [0.25, 0.3) is 0 Å². The van der Waals surface area contributed by atoms with Gasteiger partial charge in [0, 0.05) is 44.7 Å². The number of fused-ring (bicyclic) bond motifs is 1. The van der Waals surface area contributed by atoms with Crippen LogP contribution in [0.2, 0.25) is 0 Å². The van der Waals surface area contributed by atoms with Crippen molar-refractivity contribution in [2.24, 2.45) is 0 Å². The van der Waals surface area contributed by atoms with Gasteiger partial charge < -0.3 is 15.5 Å². The molecule has 4 aliphatic rings. The van der Waals surface area contributed by atoms with E-state index in [-0.39, 0.29) is 24.1 Å². The molecule has 4 heterocycles. The minimum Gasteiger partial charge on any atom is -0.353 e. The van der Waals surface area contributed by atoms with Gasteiger partial charge in [-0.2, -0.15) is 0 Å². The molecule has 3 N–H and O–H groups in total. The third-order valence-corrected chi connectivity index (χ3v) is 7.06. The molecule has 5 rings (SSSR count). The van der Waals surface area contributed by atoms with E-state index in [1.54, 1.807) is 4.90 Å². The molecule has 9 nitrogen and oxygen atoms in total. The van der Waals surface area contributed by atoms with Gasteiger partial charge >= 0.3 is 0 Å². The lowest BCUT2D eigenvalue weighted by molar-refractivity contribution is -0.139. The number of amides is 4. The molecule has 9 heteroatoms. The Morgan fingerprint density at radius 3 is 2.77 bits per heavy atom. The van der Waals surface area contributed by atoms with E-state index in [4.69, 9.17) is 0 Å². The summed E-state index contributed by atoms with van der Waals surface area (Å²) >= 11 is 0. The van der Waals surface area contributed by atoms with Crippen molar-refractivity contribution in [2.75, 3.05) is 26.2 Å². The Bertz CT molecular complexity index is 955. The van der Waals surface area contributed by atoms with E-state index in [0.29, 0.717) is 38.2 Å². The molecule has 1 aromatic carbocycles. The van der Waals surface area contributed by atoms with Gasteiger partial charge in [0.2, 0.25) is 17.7 Å². The average Bonchev–Trinajstić information content (AvgIpc) is 3.10. The van der Waals surface area contributed by atoms with Crippen LogP contribution in [0.4, 0.5) is 0 Å². The molecule has 0 radical (unpaired) electrons. The van der Waals surface area contributed by atoms with Crippen LogP contribution in [-0.2, 0) is 27.5 Å². The molecule has 4 aliphatic heterocycles. The van der Waals surface area contributed by atoms with Crippen LogP contribution >= 0.6 is 0 Å². The summed E-state index contributed by atoms with van der Waals surface area (Å²) in [5.74, 6) is -0.813. The first kappa shape index (κ1) is 20.1. The predicted molar refractivity (Wildman–Crippen MR) is 111 cm³/mol. The third kappa shape index (κ3) is 3.32. The van der Waals surface area contributed by atoms with Crippen molar-refractivity contribution in [2.45, 2.75) is 50.4 Å². The summed E-state index contributed by atoms with van der Waals surface area (Å²) in [6.07, 6.45) is 2.30. The van der Waals surface area contributed by atoms with Gasteiger partial charge in [0.25, 0.3) is 5.91 Å². The van der Waals surface area contributed by atoms with E-state index in [1.807, 2.05) is 18.2 Å². The van der Waals surface area contributed by atoms with Crippen LogP contribution < -0.4 is 16.0 Å². The van der Waals surface area contributed by atoms with E-state index < -0.39 is 17.5 Å². The first-order valence-electron chi connectivity index (χ1n) is 11.0. The normalized spacial score (nSPS) is 29.2. The van der Waals surface area contributed by atoms with Crippen molar-refractivity contribution in [3.8, 4) is 0 Å². The molecule has 0 aromatic heterocycles. The zero-order chi connectivity index (χ0) is 21.6. The molecule has 4 amide bonds. The molecule has 164 valence electrons. The van der Waals surface area contributed by atoms with E-state index in [0.717, 1.165) is 37.1 Å². The number of rotatable bonds is 3. The summed E-state index contributed by atoms with van der Waals surface area (Å²) in [6, 6.07) is 5.18. The Morgan fingerprint density at radius 2 is 2.00 bits per heavy atom. The SMILES string of the molecule is O=C1CCC(N2Cc3cccc(CN4CCNC(=O)C45CCCNC5)c3C2=O)C(=O)N1. The Labute approximate surface area is 180 Å². The number of benzene rings is 1. The molecule has 31 heavy (non-hydrogen) atoms. The Kier molecular flexibility index (Phi) is 5.02. The minimum absolute atomic E-state index is 0.0509. The number of nitrogens with one attached hydrogen (secondary N) is 3. The van der Waals surface area contributed by atoms with Crippen LogP contribution in [0.1, 0.15) is 47.2 Å². The number of piperazine rings is 1. The second-order valence-electron chi connectivity index (χ2n) is 8.84. The van der Waals surface area contributed by atoms with Crippen molar-refractivity contribution in [1.29, 1.82) is 0 Å². The summed E-state index contributed by atoms with van der Waals surface area (Å²) in [5.41, 5.74) is 1.82. The molecule has 3 fully saturated rings. The van der Waals surface area contributed by atoms with Crippen LogP contribution in [0, 0.1) is 0 Å². The molecule has 3 saturated heterocycles. The molecule has 0 aliphatic carbocycles. The third-order valence-electron chi connectivity index (χ3n) is 7.06. The van der Waals surface area contributed by atoms with Crippen molar-refractivity contribution in [1.82, 2.24) is 25.8 Å². The minimum atomic E-state index is -0.625. The van der Waals surface area contributed by atoms with Crippen LogP contribution in [0.15, 0.2) is 18.2 Å². The maximum Gasteiger partial charge on any atom is 0.255 e. The van der Waals surface area contributed by atoms with Crippen molar-refractivity contribution in [3.63, 3.8) is 0 Å². The van der Waals surface area contributed by atoms with E-state index >= 15 is 0 Å². The summed E-state index contributed by atoms with van der Waals surface area (Å²) in [4.78, 5) is 53.9. The summed E-state index contributed by atoms with van der Waals surface area (Å²) in [7, 11) is 0. The van der Waals surface area contributed by atoms with Gasteiger partial charge in [-0.15, -0.1) is 0 Å². The number of hydrogen-bond donors (Lipinski definition) is 3. The molecular formula is C22H27N5O4. The van der Waals surface area contributed by atoms with Gasteiger partial charge in [-0.05, 0) is 36.9 Å². The fourth-order valence-corrected chi connectivity index (χ4v) is 5.44. The maximum atomic E-state index is 13.4. The van der Waals surface area contributed by atoms with Crippen molar-refractivity contribution in [3.05, 3.63) is 34.9 Å². The Balaban J connectivity index is 1.42. The van der Waals surface area contributed by atoms with Gasteiger partial charge in [-0.25, -0.2) is 0 Å². The second-order valence-corrected chi connectivity index (χ2v) is 8.84. The summed E-state index contributed by atoms with van der Waals surface area (Å²) in [5, 5.41) is 8.72. The van der Waals surface area contributed by atoms with E-state index in [1.165, 1.54) is 0 Å². The van der Waals surface area contributed by atoms with Crippen molar-refractivity contribution < 1.29 is 19.2 Å². The quantitative estimate of drug-likeness (QED) is 0.564. The van der Waals surface area contributed by atoms with Gasteiger partial charge in [-0.1, -0.05) is 18.2 Å². The van der Waals surface area contributed by atoms with Crippen LogP contribution in [0.3, 0.4) is 0 Å². The highest BCUT2D eigenvalue weighted by atomic mass is 16.2. The van der Waals surface area contributed by atoms with Crippen molar-refractivity contribution >= 4 is 23.6 Å². The number of piperidine rings is 2. The van der Waals surface area contributed by atoms with Gasteiger partial charge in [0.15, 0.2) is 0 Å². The molecule has 2 atom stereocenters. The van der Waals surface area contributed by atoms with Gasteiger partial charge in [0.1, 0.15) is 11.6 Å². The largest absolute Gasteiger partial charge is 0.353 e. The molecule has 2 unspecified atom stereocenters. The standard InChI is InChI=1S/C22H27N5O4/c28-17-6-5-16(19(29)25-17)27-12-15-4-1-3-14(18(15)20(27)30)11-26-10-9-24-21(31)22(26)7-2-8-23-13-22/h1,3-4,16,23H,2,5-13H2,(H,24,31)(H,25,28,29). The number of nitrogens with zero attached hydrogens (tertiary/aromatic N) is 2. The predicted octanol–water partition coefficient (Wildman–Crippen LogP) is -0.498. The maximum absolute atomic E-state index is 13.4. The molecule has 0 saturated carbocycles. The smallest absolute Gasteiger partial charge is 0.255 e. The fraction of sp³-hybridized carbons (Fsp3) is 0.545. The Hall–Kier alpha value is -2.78. The summed E-state index contributed by atoms with van der Waals surface area (Å²) in [6.45, 7) is 3.69.